The summed E-state index contributed by atoms with van der Waals surface area (Å²) in [7, 11) is 0. The highest BCUT2D eigenvalue weighted by molar-refractivity contribution is 14.1. The average Bonchev–Trinajstić information content (AvgIpc) is 2.85. The number of nitrogens with zero attached hydrogens (tertiary/aromatic N) is 3. The van der Waals surface area contributed by atoms with E-state index in [1.54, 1.807) is 6.33 Å². The molecule has 1 unspecified atom stereocenters. The van der Waals surface area contributed by atoms with Crippen LogP contribution in [0.5, 0.6) is 0 Å². The van der Waals surface area contributed by atoms with E-state index in [9.17, 15) is 0 Å². The lowest BCUT2D eigenvalue weighted by Crippen LogP contribution is -2.31. The molecule has 1 atom stereocenters. The summed E-state index contributed by atoms with van der Waals surface area (Å²) in [6.07, 6.45) is 2.26. The van der Waals surface area contributed by atoms with Crippen molar-refractivity contribution in [3.8, 4) is 0 Å². The van der Waals surface area contributed by atoms with Crippen molar-refractivity contribution in [1.29, 1.82) is 0 Å². The molecule has 0 aliphatic carbocycles. The Bertz CT molecular complexity index is 599. The maximum Gasteiger partial charge on any atom is 0.138 e. The molecule has 1 heterocycles. The van der Waals surface area contributed by atoms with Gasteiger partial charge in [-0.3, -0.25) is 11.3 Å². The van der Waals surface area contributed by atoms with Gasteiger partial charge in [-0.2, -0.15) is 5.10 Å². The lowest BCUT2D eigenvalue weighted by molar-refractivity contribution is 0.446. The Balaban J connectivity index is 2.23. The topological polar surface area (TPSA) is 68.8 Å². The number of halogens is 2. The van der Waals surface area contributed by atoms with Crippen LogP contribution in [0.15, 0.2) is 24.5 Å². The van der Waals surface area contributed by atoms with E-state index < -0.39 is 0 Å². The van der Waals surface area contributed by atoms with Gasteiger partial charge in [0.2, 0.25) is 0 Å². The van der Waals surface area contributed by atoms with E-state index in [0.29, 0.717) is 17.4 Å². The minimum absolute atomic E-state index is 0.0503. The molecule has 1 aromatic heterocycles. The first kappa shape index (κ1) is 16.7. The molecular weight excluding hydrogens is 401 g/mol. The van der Waals surface area contributed by atoms with E-state index in [0.717, 1.165) is 21.5 Å². The van der Waals surface area contributed by atoms with Crippen LogP contribution in [-0.4, -0.2) is 14.8 Å². The molecule has 0 saturated heterocycles. The van der Waals surface area contributed by atoms with Crippen molar-refractivity contribution >= 4 is 34.2 Å². The lowest BCUT2D eigenvalue weighted by atomic mass is 10.0. The number of hydrogen-bond acceptors (Lipinski definition) is 4. The Morgan fingerprint density at radius 3 is 2.86 bits per heavy atom. The fraction of sp³-hybridized carbons (Fsp3) is 0.429. The van der Waals surface area contributed by atoms with E-state index in [1.165, 1.54) is 0 Å². The smallest absolute Gasteiger partial charge is 0.138 e. The summed E-state index contributed by atoms with van der Waals surface area (Å²) in [6.45, 7) is 5.16. The van der Waals surface area contributed by atoms with Crippen LogP contribution in [0.3, 0.4) is 0 Å². The fourth-order valence-electron chi connectivity index (χ4n) is 2.17. The fourth-order valence-corrected chi connectivity index (χ4v) is 3.06. The predicted molar refractivity (Wildman–Crippen MR) is 92.8 cm³/mol. The monoisotopic (exact) mass is 419 g/mol. The summed E-state index contributed by atoms with van der Waals surface area (Å²) in [4.78, 5) is 4.36. The molecule has 0 aliphatic heterocycles. The van der Waals surface area contributed by atoms with Crippen molar-refractivity contribution in [2.75, 3.05) is 0 Å². The molecule has 0 amide bonds. The molecule has 7 heteroatoms. The second-order valence-electron chi connectivity index (χ2n) is 5.34. The van der Waals surface area contributed by atoms with Gasteiger partial charge in [0.1, 0.15) is 12.2 Å². The van der Waals surface area contributed by atoms with Crippen LogP contribution < -0.4 is 11.3 Å². The van der Waals surface area contributed by atoms with Crippen molar-refractivity contribution in [2.24, 2.45) is 11.8 Å². The van der Waals surface area contributed by atoms with Crippen LogP contribution in [0.25, 0.3) is 0 Å². The zero-order valence-electron chi connectivity index (χ0n) is 12.1. The SMILES string of the molecule is CC(C)Cn1ncnc1CC(NN)c1cc(Cl)ccc1I. The quantitative estimate of drug-likeness (QED) is 0.429. The number of hydrazine groups is 1. The highest BCUT2D eigenvalue weighted by Crippen LogP contribution is 2.25. The Hall–Kier alpha value is -0.700. The molecule has 21 heavy (non-hydrogen) atoms. The van der Waals surface area contributed by atoms with Crippen LogP contribution in [-0.2, 0) is 13.0 Å². The van der Waals surface area contributed by atoms with Crippen molar-refractivity contribution in [1.82, 2.24) is 20.2 Å². The molecule has 114 valence electrons. The van der Waals surface area contributed by atoms with Gasteiger partial charge in [-0.15, -0.1) is 0 Å². The second-order valence-corrected chi connectivity index (χ2v) is 6.94. The molecule has 2 rings (SSSR count). The van der Waals surface area contributed by atoms with E-state index in [2.05, 4.69) is 51.9 Å². The normalized spacial score (nSPS) is 12.9. The van der Waals surface area contributed by atoms with Gasteiger partial charge in [-0.05, 0) is 52.3 Å². The molecule has 3 N–H and O–H groups in total. The zero-order valence-corrected chi connectivity index (χ0v) is 15.0. The number of nitrogens with one attached hydrogen (secondary N) is 1. The van der Waals surface area contributed by atoms with Crippen LogP contribution in [0.2, 0.25) is 5.02 Å². The lowest BCUT2D eigenvalue weighted by Gasteiger charge is -2.18. The molecule has 0 aliphatic rings. The van der Waals surface area contributed by atoms with E-state index >= 15 is 0 Å². The zero-order chi connectivity index (χ0) is 15.4. The van der Waals surface area contributed by atoms with Crippen LogP contribution >= 0.6 is 34.2 Å². The standard InChI is InChI=1S/C14H19ClIN5/c1-9(2)7-21-14(18-8-19-21)6-13(20-17)11-5-10(15)3-4-12(11)16/h3-5,8-9,13,20H,6-7,17H2,1-2H3. The summed E-state index contributed by atoms with van der Waals surface area (Å²) in [6, 6.07) is 5.76. The second kappa shape index (κ2) is 7.53. The molecule has 2 aromatic rings. The van der Waals surface area contributed by atoms with E-state index in [-0.39, 0.29) is 6.04 Å². The van der Waals surface area contributed by atoms with Gasteiger partial charge in [-0.25, -0.2) is 9.67 Å². The number of benzene rings is 1. The molecule has 1 aromatic carbocycles. The largest absolute Gasteiger partial charge is 0.271 e. The number of hydrogen-bond donors (Lipinski definition) is 2. The Morgan fingerprint density at radius 1 is 1.43 bits per heavy atom. The first-order valence-corrected chi connectivity index (χ1v) is 8.24. The first-order valence-electron chi connectivity index (χ1n) is 6.79. The minimum atomic E-state index is -0.0503. The summed E-state index contributed by atoms with van der Waals surface area (Å²) in [5.74, 6) is 7.17. The minimum Gasteiger partial charge on any atom is -0.271 e. The van der Waals surface area contributed by atoms with Crippen LogP contribution in [0.4, 0.5) is 0 Å². The third-order valence-corrected chi connectivity index (χ3v) is 4.37. The Labute approximate surface area is 143 Å². The Kier molecular flexibility index (Phi) is 5.98. The molecule has 0 bridgehead atoms. The number of nitrogens with two attached hydrogens (primary N) is 1. The van der Waals surface area contributed by atoms with Crippen molar-refractivity contribution < 1.29 is 0 Å². The van der Waals surface area contributed by atoms with Crippen LogP contribution in [0, 0.1) is 9.49 Å². The summed E-state index contributed by atoms with van der Waals surface area (Å²) in [5.41, 5.74) is 3.93. The first-order chi connectivity index (χ1) is 10.0. The predicted octanol–water partition coefficient (Wildman–Crippen LogP) is 2.94. The third-order valence-electron chi connectivity index (χ3n) is 3.16. The molecule has 0 fully saturated rings. The third kappa shape index (κ3) is 4.38. The molecule has 0 radical (unpaired) electrons. The average molecular weight is 420 g/mol. The van der Waals surface area contributed by atoms with Crippen molar-refractivity contribution in [3.63, 3.8) is 0 Å². The Morgan fingerprint density at radius 2 is 2.19 bits per heavy atom. The highest BCUT2D eigenvalue weighted by atomic mass is 127. The van der Waals surface area contributed by atoms with E-state index in [4.69, 9.17) is 17.4 Å². The van der Waals surface area contributed by atoms with Gasteiger partial charge >= 0.3 is 0 Å². The summed E-state index contributed by atoms with van der Waals surface area (Å²) >= 11 is 8.38. The highest BCUT2D eigenvalue weighted by Gasteiger charge is 2.18. The number of aromatic nitrogens is 3. The maximum absolute atomic E-state index is 6.09. The summed E-state index contributed by atoms with van der Waals surface area (Å²) < 4.78 is 3.06. The molecule has 0 saturated carbocycles. The molecule has 5 nitrogen and oxygen atoms in total. The molecule has 0 spiro atoms. The van der Waals surface area contributed by atoms with Gasteiger partial charge in [0.25, 0.3) is 0 Å². The summed E-state index contributed by atoms with van der Waals surface area (Å²) in [5, 5.41) is 4.99. The van der Waals surface area contributed by atoms with Crippen molar-refractivity contribution in [2.45, 2.75) is 32.9 Å². The number of rotatable bonds is 6. The van der Waals surface area contributed by atoms with Gasteiger partial charge < -0.3 is 0 Å². The van der Waals surface area contributed by atoms with Crippen LogP contribution in [0.1, 0.15) is 31.3 Å². The van der Waals surface area contributed by atoms with Crippen molar-refractivity contribution in [3.05, 3.63) is 44.5 Å². The van der Waals surface area contributed by atoms with E-state index in [1.807, 2.05) is 22.9 Å². The van der Waals surface area contributed by atoms with Gasteiger partial charge in [0, 0.05) is 21.6 Å². The van der Waals surface area contributed by atoms with Gasteiger partial charge in [-0.1, -0.05) is 25.4 Å². The molecular formula is C14H19ClIN5. The van der Waals surface area contributed by atoms with Gasteiger partial charge in [0.15, 0.2) is 0 Å². The maximum atomic E-state index is 6.09. The van der Waals surface area contributed by atoms with Gasteiger partial charge in [0.05, 0.1) is 6.04 Å².